The van der Waals surface area contributed by atoms with Crippen LogP contribution in [0.25, 0.3) is 11.5 Å². The number of hydrogen-bond donors (Lipinski definition) is 2. The number of anilines is 1. The molecule has 1 amide bonds. The van der Waals surface area contributed by atoms with Crippen LogP contribution >= 0.6 is 11.3 Å². The molecule has 0 aliphatic carbocycles. The van der Waals surface area contributed by atoms with Crippen molar-refractivity contribution in [2.75, 3.05) is 5.32 Å². The maximum atomic E-state index is 12.3. The molecule has 8 heteroatoms. The minimum Gasteiger partial charge on any atom is -0.334 e. The van der Waals surface area contributed by atoms with Crippen molar-refractivity contribution in [1.82, 2.24) is 15.1 Å². The van der Waals surface area contributed by atoms with Crippen LogP contribution in [0.15, 0.2) is 28.1 Å². The van der Waals surface area contributed by atoms with Crippen LogP contribution < -0.4 is 11.1 Å². The van der Waals surface area contributed by atoms with Gasteiger partial charge < -0.3 is 15.6 Å². The predicted molar refractivity (Wildman–Crippen MR) is 91.8 cm³/mol. The number of benzene rings is 1. The molecule has 0 unspecified atom stereocenters. The van der Waals surface area contributed by atoms with Gasteiger partial charge in [0.05, 0.1) is 0 Å². The molecule has 1 aromatic carbocycles. The summed E-state index contributed by atoms with van der Waals surface area (Å²) in [6, 6.07) is 5.59. The van der Waals surface area contributed by atoms with Crippen LogP contribution in [0.4, 0.5) is 5.69 Å². The molecule has 7 nitrogen and oxygen atoms in total. The molecule has 24 heavy (non-hydrogen) atoms. The molecule has 0 radical (unpaired) electrons. The summed E-state index contributed by atoms with van der Waals surface area (Å²) >= 11 is 1.37. The zero-order chi connectivity index (χ0) is 17.1. The second kappa shape index (κ2) is 6.90. The van der Waals surface area contributed by atoms with Crippen LogP contribution in [0.1, 0.15) is 33.8 Å². The van der Waals surface area contributed by atoms with Gasteiger partial charge in [-0.2, -0.15) is 4.98 Å². The third-order valence-corrected chi connectivity index (χ3v) is 4.35. The third kappa shape index (κ3) is 3.34. The molecule has 0 fully saturated rings. The predicted octanol–water partition coefficient (Wildman–Crippen LogP) is 2.77. The molecular formula is C16H17N5O2S. The van der Waals surface area contributed by atoms with Crippen LogP contribution in [0, 0.1) is 6.92 Å². The summed E-state index contributed by atoms with van der Waals surface area (Å²) in [4.78, 5) is 20.8. The Labute approximate surface area is 142 Å². The first kappa shape index (κ1) is 16.3. The van der Waals surface area contributed by atoms with Gasteiger partial charge in [0, 0.05) is 29.6 Å². The maximum Gasteiger partial charge on any atom is 0.275 e. The Bertz CT molecular complexity index is 871. The molecule has 2 heterocycles. The van der Waals surface area contributed by atoms with Crippen molar-refractivity contribution < 1.29 is 9.32 Å². The van der Waals surface area contributed by atoms with Crippen molar-refractivity contribution in [2.45, 2.75) is 26.8 Å². The van der Waals surface area contributed by atoms with Crippen molar-refractivity contribution in [3.63, 3.8) is 0 Å². The minimum absolute atomic E-state index is 0.272. The number of rotatable bonds is 5. The second-order valence-electron chi connectivity index (χ2n) is 5.18. The zero-order valence-electron chi connectivity index (χ0n) is 13.4. The molecule has 3 N–H and O–H groups in total. The molecule has 0 aliphatic rings. The first-order valence-electron chi connectivity index (χ1n) is 7.50. The molecule has 0 saturated carbocycles. The number of aryl methyl sites for hydroxylation is 2. The minimum atomic E-state index is -0.272. The molecule has 0 atom stereocenters. The Morgan fingerprint density at radius 1 is 1.38 bits per heavy atom. The fraction of sp³-hybridized carbons (Fsp3) is 0.250. The molecule has 0 bridgehead atoms. The summed E-state index contributed by atoms with van der Waals surface area (Å²) in [6.07, 6.45) is 0.701. The Balaban J connectivity index is 1.84. The summed E-state index contributed by atoms with van der Waals surface area (Å²) in [5.41, 5.74) is 8.25. The molecule has 0 aliphatic heterocycles. The quantitative estimate of drug-likeness (QED) is 0.737. The molecule has 0 saturated heterocycles. The number of thiazole rings is 1. The normalized spacial score (nSPS) is 10.8. The summed E-state index contributed by atoms with van der Waals surface area (Å²) < 4.78 is 5.25. The van der Waals surface area contributed by atoms with Gasteiger partial charge in [-0.3, -0.25) is 4.79 Å². The fourth-order valence-electron chi connectivity index (χ4n) is 2.10. The highest BCUT2D eigenvalue weighted by molar-refractivity contribution is 7.09. The average Bonchev–Trinajstić information content (AvgIpc) is 3.25. The first-order chi connectivity index (χ1) is 11.6. The van der Waals surface area contributed by atoms with E-state index in [1.807, 2.05) is 32.0 Å². The highest BCUT2D eigenvalue weighted by atomic mass is 32.1. The van der Waals surface area contributed by atoms with E-state index in [2.05, 4.69) is 20.4 Å². The van der Waals surface area contributed by atoms with Gasteiger partial charge in [0.2, 0.25) is 0 Å². The summed E-state index contributed by atoms with van der Waals surface area (Å²) in [7, 11) is 0. The Morgan fingerprint density at radius 3 is 2.88 bits per heavy atom. The lowest BCUT2D eigenvalue weighted by atomic mass is 10.1. The lowest BCUT2D eigenvalue weighted by Gasteiger charge is -2.08. The Morgan fingerprint density at radius 2 is 2.21 bits per heavy atom. The van der Waals surface area contributed by atoms with Gasteiger partial charge in [0.15, 0.2) is 5.82 Å². The number of hydrogen-bond acceptors (Lipinski definition) is 7. The largest absolute Gasteiger partial charge is 0.334 e. The monoisotopic (exact) mass is 343 g/mol. The maximum absolute atomic E-state index is 12.3. The molecule has 0 spiro atoms. The molecule has 3 rings (SSSR count). The van der Waals surface area contributed by atoms with Crippen molar-refractivity contribution >= 4 is 22.9 Å². The molecule has 124 valence electrons. The molecule has 3 aromatic rings. The van der Waals surface area contributed by atoms with Gasteiger partial charge in [-0.25, -0.2) is 4.98 Å². The van der Waals surface area contributed by atoms with Crippen LogP contribution in [0.3, 0.4) is 0 Å². The van der Waals surface area contributed by atoms with E-state index in [1.54, 1.807) is 5.38 Å². The van der Waals surface area contributed by atoms with Crippen LogP contribution in [-0.4, -0.2) is 21.0 Å². The number of nitrogens with one attached hydrogen (secondary N) is 1. The number of carbonyl (C=O) groups excluding carboxylic acids is 1. The SMILES string of the molecule is CCc1noc(-c2ccc(C)c(NC(=O)c3csc(CN)n3)c2)n1. The van der Waals surface area contributed by atoms with Gasteiger partial charge in [0.25, 0.3) is 11.8 Å². The number of amides is 1. The Kier molecular flexibility index (Phi) is 4.68. The first-order valence-corrected chi connectivity index (χ1v) is 8.38. The van der Waals surface area contributed by atoms with E-state index in [1.165, 1.54) is 11.3 Å². The highest BCUT2D eigenvalue weighted by Crippen LogP contribution is 2.25. The van der Waals surface area contributed by atoms with Crippen LogP contribution in [0.5, 0.6) is 0 Å². The Hall–Kier alpha value is -2.58. The van der Waals surface area contributed by atoms with Crippen LogP contribution in [0.2, 0.25) is 0 Å². The number of nitrogens with zero attached hydrogens (tertiary/aromatic N) is 3. The van der Waals surface area contributed by atoms with Gasteiger partial charge >= 0.3 is 0 Å². The number of aromatic nitrogens is 3. The zero-order valence-corrected chi connectivity index (χ0v) is 14.2. The highest BCUT2D eigenvalue weighted by Gasteiger charge is 2.14. The number of carbonyl (C=O) groups is 1. The van der Waals surface area contributed by atoms with E-state index in [4.69, 9.17) is 10.3 Å². The second-order valence-corrected chi connectivity index (χ2v) is 6.13. The van der Waals surface area contributed by atoms with Crippen molar-refractivity contribution in [3.05, 3.63) is 45.7 Å². The van der Waals surface area contributed by atoms with Crippen molar-refractivity contribution in [3.8, 4) is 11.5 Å². The van der Waals surface area contributed by atoms with Crippen LogP contribution in [-0.2, 0) is 13.0 Å². The molecular weight excluding hydrogens is 326 g/mol. The molecule has 2 aromatic heterocycles. The van der Waals surface area contributed by atoms with Gasteiger partial charge in [-0.1, -0.05) is 18.1 Å². The van der Waals surface area contributed by atoms with E-state index in [0.717, 1.165) is 16.1 Å². The van der Waals surface area contributed by atoms with E-state index in [-0.39, 0.29) is 5.91 Å². The van der Waals surface area contributed by atoms with E-state index in [9.17, 15) is 4.79 Å². The lowest BCUT2D eigenvalue weighted by molar-refractivity contribution is 0.102. The topological polar surface area (TPSA) is 107 Å². The third-order valence-electron chi connectivity index (χ3n) is 3.48. The van der Waals surface area contributed by atoms with Gasteiger partial charge in [-0.05, 0) is 24.6 Å². The summed E-state index contributed by atoms with van der Waals surface area (Å²) in [5.74, 6) is 0.806. The summed E-state index contributed by atoms with van der Waals surface area (Å²) in [5, 5.41) is 9.18. The fourth-order valence-corrected chi connectivity index (χ4v) is 2.75. The summed E-state index contributed by atoms with van der Waals surface area (Å²) in [6.45, 7) is 4.19. The smallest absolute Gasteiger partial charge is 0.275 e. The number of nitrogens with two attached hydrogens (primary N) is 1. The van der Waals surface area contributed by atoms with E-state index in [0.29, 0.717) is 36.1 Å². The van der Waals surface area contributed by atoms with Crippen molar-refractivity contribution in [2.24, 2.45) is 5.73 Å². The average molecular weight is 343 g/mol. The van der Waals surface area contributed by atoms with E-state index < -0.39 is 0 Å². The standard InChI is InChI=1S/C16H17N5O2S/c1-3-13-20-16(23-21-13)10-5-4-9(2)11(6-10)19-15(22)12-8-24-14(7-17)18-12/h4-6,8H,3,7,17H2,1-2H3,(H,19,22). The van der Waals surface area contributed by atoms with E-state index >= 15 is 0 Å². The lowest BCUT2D eigenvalue weighted by Crippen LogP contribution is -2.13. The van der Waals surface area contributed by atoms with Gasteiger partial charge in [0.1, 0.15) is 10.7 Å². The van der Waals surface area contributed by atoms with Crippen molar-refractivity contribution in [1.29, 1.82) is 0 Å². The van der Waals surface area contributed by atoms with Gasteiger partial charge in [-0.15, -0.1) is 11.3 Å².